The number of rotatable bonds is 3. The Morgan fingerprint density at radius 2 is 2.15 bits per heavy atom. The number of alkyl halides is 1. The third kappa shape index (κ3) is 2.50. The minimum Gasteiger partial charge on any atom is -0.341 e. The minimum atomic E-state index is 0.0571. The molecule has 0 radical (unpaired) electrons. The van der Waals surface area contributed by atoms with Crippen LogP contribution in [0.25, 0.3) is 10.9 Å². The molecule has 0 spiro atoms. The molecule has 1 amide bonds. The van der Waals surface area contributed by atoms with E-state index in [2.05, 4.69) is 4.98 Å². The lowest BCUT2D eigenvalue weighted by Crippen LogP contribution is -2.38. The molecule has 1 aliphatic rings. The van der Waals surface area contributed by atoms with Gasteiger partial charge in [0.1, 0.15) is 0 Å². The van der Waals surface area contributed by atoms with Crippen molar-refractivity contribution in [3.8, 4) is 0 Å². The Hall–Kier alpha value is -1.61. The number of fused-ring (bicyclic) bond motifs is 1. The average Bonchev–Trinajstić information content (AvgIpc) is 2.44. The summed E-state index contributed by atoms with van der Waals surface area (Å²) in [7, 11) is 1.86. The Kier molecular flexibility index (Phi) is 3.62. The molecule has 1 fully saturated rings. The number of carbonyl (C=O) groups excluding carboxylic acids is 1. The quantitative estimate of drug-likeness (QED) is 0.812. The molecule has 0 atom stereocenters. The molecule has 1 aliphatic carbocycles. The Morgan fingerprint density at radius 1 is 1.35 bits per heavy atom. The molecule has 3 nitrogen and oxygen atoms in total. The second-order valence-corrected chi connectivity index (χ2v) is 6.11. The molecule has 1 aromatic heterocycles. The highest BCUT2D eigenvalue weighted by Crippen LogP contribution is 2.32. The number of hydrogen-bond donors (Lipinski definition) is 0. The first-order chi connectivity index (χ1) is 9.65. The van der Waals surface area contributed by atoms with Crippen LogP contribution in [0.3, 0.4) is 0 Å². The molecule has 104 valence electrons. The number of amides is 1. The molecule has 0 saturated heterocycles. The summed E-state index contributed by atoms with van der Waals surface area (Å²) in [5.41, 5.74) is 1.58. The summed E-state index contributed by atoms with van der Waals surface area (Å²) >= 11 is 5.99. The number of carbonyl (C=O) groups is 1. The van der Waals surface area contributed by atoms with Crippen molar-refractivity contribution in [1.29, 1.82) is 0 Å². The van der Waals surface area contributed by atoms with Gasteiger partial charge in [0, 0.05) is 36.1 Å². The molecular weight excluding hydrogens is 272 g/mol. The van der Waals surface area contributed by atoms with Crippen LogP contribution in [0.2, 0.25) is 0 Å². The van der Waals surface area contributed by atoms with Crippen LogP contribution >= 0.6 is 11.6 Å². The Bertz CT molecular complexity index is 632. The van der Waals surface area contributed by atoms with Crippen LogP contribution in [0.5, 0.6) is 0 Å². The van der Waals surface area contributed by atoms with Gasteiger partial charge in [0.2, 0.25) is 0 Å². The summed E-state index contributed by atoms with van der Waals surface area (Å²) in [5.74, 6) is 0.598. The summed E-state index contributed by atoms with van der Waals surface area (Å²) in [4.78, 5) is 18.7. The van der Waals surface area contributed by atoms with Gasteiger partial charge in [-0.15, -0.1) is 11.6 Å². The second-order valence-electron chi connectivity index (χ2n) is 5.50. The Morgan fingerprint density at radius 3 is 2.90 bits per heavy atom. The average molecular weight is 289 g/mol. The summed E-state index contributed by atoms with van der Waals surface area (Å²) in [6.07, 6.45) is 3.77. The fraction of sp³-hybridized carbons (Fsp3) is 0.375. The van der Waals surface area contributed by atoms with E-state index in [1.54, 1.807) is 11.1 Å². The van der Waals surface area contributed by atoms with Gasteiger partial charge in [0.05, 0.1) is 5.52 Å². The summed E-state index contributed by atoms with van der Waals surface area (Å²) in [5, 5.41) is 1.21. The first-order valence-electron chi connectivity index (χ1n) is 6.88. The number of nitrogens with zero attached hydrogens (tertiary/aromatic N) is 2. The molecule has 0 N–H and O–H groups in total. The van der Waals surface area contributed by atoms with Gasteiger partial charge in [-0.1, -0.05) is 12.1 Å². The van der Waals surface area contributed by atoms with E-state index in [0.29, 0.717) is 11.3 Å². The first-order valence-corrected chi connectivity index (χ1v) is 7.32. The van der Waals surface area contributed by atoms with Gasteiger partial charge in [-0.05, 0) is 37.0 Å². The SMILES string of the molecule is CN(CC1CC(Cl)C1)C(=O)c1cccc2ncccc12. The van der Waals surface area contributed by atoms with Crippen molar-refractivity contribution < 1.29 is 4.79 Å². The van der Waals surface area contributed by atoms with E-state index in [0.717, 1.165) is 35.9 Å². The van der Waals surface area contributed by atoms with E-state index in [9.17, 15) is 4.79 Å². The lowest BCUT2D eigenvalue weighted by molar-refractivity contribution is 0.0749. The zero-order valence-corrected chi connectivity index (χ0v) is 12.2. The minimum absolute atomic E-state index is 0.0571. The number of aromatic nitrogens is 1. The van der Waals surface area contributed by atoms with E-state index < -0.39 is 0 Å². The number of pyridine rings is 1. The Balaban J connectivity index is 1.81. The summed E-state index contributed by atoms with van der Waals surface area (Å²) in [6, 6.07) is 9.49. The molecule has 0 bridgehead atoms. The maximum atomic E-state index is 12.6. The van der Waals surface area contributed by atoms with Crippen molar-refractivity contribution in [3.05, 3.63) is 42.1 Å². The standard InChI is InChI=1S/C16H17ClN2O/c1-19(10-11-8-12(17)9-11)16(20)14-4-2-6-15-13(14)5-3-7-18-15/h2-7,11-12H,8-10H2,1H3. The molecule has 20 heavy (non-hydrogen) atoms. The molecule has 1 saturated carbocycles. The van der Waals surface area contributed by atoms with Gasteiger partial charge < -0.3 is 4.90 Å². The molecule has 4 heteroatoms. The first kappa shape index (κ1) is 13.4. The predicted molar refractivity (Wildman–Crippen MR) is 81.1 cm³/mol. The van der Waals surface area contributed by atoms with Crippen LogP contribution in [0.4, 0.5) is 0 Å². The summed E-state index contributed by atoms with van der Waals surface area (Å²) in [6.45, 7) is 0.776. The Labute approximate surface area is 123 Å². The topological polar surface area (TPSA) is 33.2 Å². The molecular formula is C16H17ClN2O. The van der Waals surface area contributed by atoms with Gasteiger partial charge >= 0.3 is 0 Å². The van der Waals surface area contributed by atoms with E-state index in [4.69, 9.17) is 11.6 Å². The predicted octanol–water partition coefficient (Wildman–Crippen LogP) is 3.32. The zero-order chi connectivity index (χ0) is 14.1. The van der Waals surface area contributed by atoms with E-state index in [1.165, 1.54) is 0 Å². The highest BCUT2D eigenvalue weighted by molar-refractivity contribution is 6.21. The summed E-state index contributed by atoms with van der Waals surface area (Å²) < 4.78 is 0. The van der Waals surface area contributed by atoms with Crippen LogP contribution in [0.15, 0.2) is 36.5 Å². The fourth-order valence-electron chi connectivity index (χ4n) is 2.77. The van der Waals surface area contributed by atoms with Gasteiger partial charge in [-0.3, -0.25) is 9.78 Å². The van der Waals surface area contributed by atoms with E-state index in [-0.39, 0.29) is 5.91 Å². The molecule has 0 unspecified atom stereocenters. The van der Waals surface area contributed by atoms with Crippen LogP contribution in [0.1, 0.15) is 23.2 Å². The highest BCUT2D eigenvalue weighted by atomic mass is 35.5. The maximum absolute atomic E-state index is 12.6. The molecule has 1 aromatic carbocycles. The van der Waals surface area contributed by atoms with Crippen molar-refractivity contribution in [2.75, 3.05) is 13.6 Å². The zero-order valence-electron chi connectivity index (χ0n) is 11.4. The lowest BCUT2D eigenvalue weighted by Gasteiger charge is -2.34. The van der Waals surface area contributed by atoms with Crippen LogP contribution in [-0.4, -0.2) is 34.8 Å². The third-order valence-corrected chi connectivity index (χ3v) is 4.29. The van der Waals surface area contributed by atoms with Crippen molar-refractivity contribution in [1.82, 2.24) is 9.88 Å². The van der Waals surface area contributed by atoms with Gasteiger partial charge in [-0.25, -0.2) is 0 Å². The van der Waals surface area contributed by atoms with Gasteiger partial charge in [0.25, 0.3) is 5.91 Å². The number of benzene rings is 1. The van der Waals surface area contributed by atoms with Gasteiger partial charge in [0.15, 0.2) is 0 Å². The molecule has 3 rings (SSSR count). The van der Waals surface area contributed by atoms with Crippen LogP contribution in [-0.2, 0) is 0 Å². The smallest absolute Gasteiger partial charge is 0.254 e. The fourth-order valence-corrected chi connectivity index (χ4v) is 3.27. The van der Waals surface area contributed by atoms with Crippen molar-refractivity contribution in [3.63, 3.8) is 0 Å². The maximum Gasteiger partial charge on any atom is 0.254 e. The van der Waals surface area contributed by atoms with E-state index >= 15 is 0 Å². The lowest BCUT2D eigenvalue weighted by atomic mass is 9.84. The monoisotopic (exact) mass is 288 g/mol. The molecule has 0 aliphatic heterocycles. The highest BCUT2D eigenvalue weighted by Gasteiger charge is 2.29. The second kappa shape index (κ2) is 5.41. The van der Waals surface area contributed by atoms with Gasteiger partial charge in [-0.2, -0.15) is 0 Å². The largest absolute Gasteiger partial charge is 0.341 e. The number of halogens is 1. The third-order valence-electron chi connectivity index (χ3n) is 3.93. The van der Waals surface area contributed by atoms with E-state index in [1.807, 2.05) is 37.4 Å². The molecule has 1 heterocycles. The van der Waals surface area contributed by atoms with Crippen LogP contribution < -0.4 is 0 Å². The van der Waals surface area contributed by atoms with Crippen LogP contribution in [0, 0.1) is 5.92 Å². The van der Waals surface area contributed by atoms with Crippen molar-refractivity contribution in [2.45, 2.75) is 18.2 Å². The normalized spacial score (nSPS) is 21.5. The van der Waals surface area contributed by atoms with Crippen molar-refractivity contribution in [2.24, 2.45) is 5.92 Å². The molecule has 2 aromatic rings. The van der Waals surface area contributed by atoms with Crippen molar-refractivity contribution >= 4 is 28.4 Å². The number of hydrogen-bond acceptors (Lipinski definition) is 2.